The molecule has 80 heavy (non-hydrogen) atoms. The molecular weight excluding hydrogens is 1090 g/mol. The fourth-order valence-corrected chi connectivity index (χ4v) is 8.79. The smallest absolute Gasteiger partial charge is 0.313 e. The number of aromatic amines is 3. The summed E-state index contributed by atoms with van der Waals surface area (Å²) < 4.78 is 30.8. The summed E-state index contributed by atoms with van der Waals surface area (Å²) in [5, 5.41) is 52.3. The molecule has 0 saturated heterocycles. The second-order valence-corrected chi connectivity index (χ2v) is 19.5. The summed E-state index contributed by atoms with van der Waals surface area (Å²) >= 11 is 3.12. The number of aliphatic carboxylic acids is 3. The van der Waals surface area contributed by atoms with Gasteiger partial charge in [-0.05, 0) is 112 Å². The molecule has 23 nitrogen and oxygen atoms in total. The summed E-state index contributed by atoms with van der Waals surface area (Å²) in [5.74, 6) is 3.33. The number of furan rings is 3. The number of nitrogens with one attached hydrogen (secondary N) is 3. The zero-order chi connectivity index (χ0) is 57.3. The van der Waals surface area contributed by atoms with Crippen LogP contribution in [0.15, 0.2) is 137 Å². The number of carboxylic acids is 3. The predicted octanol–water partition coefficient (Wildman–Crippen LogP) is 11.3. The molecule has 0 amide bonds. The maximum absolute atomic E-state index is 10.6. The van der Waals surface area contributed by atoms with E-state index in [1.54, 1.807) is 31.5 Å². The van der Waals surface area contributed by atoms with Gasteiger partial charge in [0.25, 0.3) is 0 Å². The third kappa shape index (κ3) is 15.8. The van der Waals surface area contributed by atoms with Crippen LogP contribution in [-0.4, -0.2) is 127 Å². The number of hydrogen-bond donors (Lipinski definition) is 6. The van der Waals surface area contributed by atoms with E-state index in [0.717, 1.165) is 74.4 Å². The number of aromatic nitrogens is 10. The molecule has 0 aliphatic rings. The van der Waals surface area contributed by atoms with E-state index in [1.807, 2.05) is 101 Å². The molecule has 0 aliphatic heterocycles. The van der Waals surface area contributed by atoms with Crippen molar-refractivity contribution in [3.05, 3.63) is 114 Å². The average Bonchev–Trinajstić information content (AvgIpc) is 4.39. The molecule has 0 saturated carbocycles. The number of carboxylic acid groups (broad SMARTS) is 3. The van der Waals surface area contributed by atoms with Crippen molar-refractivity contribution in [3.8, 4) is 80.2 Å². The summed E-state index contributed by atoms with van der Waals surface area (Å²) in [6.45, 7) is 10.0. The largest absolute Gasteiger partial charge is 0.496 e. The van der Waals surface area contributed by atoms with Crippen LogP contribution in [0.2, 0.25) is 0 Å². The van der Waals surface area contributed by atoms with Gasteiger partial charge >= 0.3 is 17.9 Å². The highest BCUT2D eigenvalue weighted by Gasteiger charge is 2.17. The lowest BCUT2D eigenvalue weighted by Crippen LogP contribution is -2.05. The number of hydrogen-bond acceptors (Lipinski definition) is 19. The maximum atomic E-state index is 10.6. The van der Waals surface area contributed by atoms with Gasteiger partial charge in [0.15, 0.2) is 34.8 Å². The van der Waals surface area contributed by atoms with Crippen LogP contribution in [0.5, 0.6) is 11.5 Å². The summed E-state index contributed by atoms with van der Waals surface area (Å²) in [4.78, 5) is 49.3. The van der Waals surface area contributed by atoms with Crippen molar-refractivity contribution in [1.29, 1.82) is 0 Å². The molecule has 0 unspecified atom stereocenters. The number of fused-ring (bicyclic) bond motifs is 1. The van der Waals surface area contributed by atoms with Crippen LogP contribution in [0.1, 0.15) is 39.0 Å². The van der Waals surface area contributed by atoms with E-state index in [0.29, 0.717) is 67.5 Å². The van der Waals surface area contributed by atoms with Gasteiger partial charge in [0.1, 0.15) is 35.9 Å². The van der Waals surface area contributed by atoms with Crippen molar-refractivity contribution in [2.45, 2.75) is 56.2 Å². The Bertz CT molecular complexity index is 3700. The summed E-state index contributed by atoms with van der Waals surface area (Å²) in [6.07, 6.45) is 1.65. The zero-order valence-corrected chi connectivity index (χ0v) is 46.9. The Balaban J connectivity index is 0.000000171. The van der Waals surface area contributed by atoms with Crippen LogP contribution in [-0.2, 0) is 26.3 Å². The van der Waals surface area contributed by atoms with Crippen LogP contribution in [0.25, 0.3) is 79.6 Å². The topological polar surface area (TPSA) is 321 Å². The van der Waals surface area contributed by atoms with E-state index in [1.165, 1.54) is 18.3 Å². The van der Waals surface area contributed by atoms with Crippen molar-refractivity contribution < 1.29 is 57.3 Å². The number of nitrogens with zero attached hydrogens (tertiary/aromatic N) is 8. The Hall–Kier alpha value is -9.01. The van der Waals surface area contributed by atoms with Gasteiger partial charge in [0.05, 0.1) is 36.7 Å². The van der Waals surface area contributed by atoms with E-state index in [2.05, 4.69) is 80.4 Å². The number of benzene rings is 3. The minimum absolute atomic E-state index is 0.0861. The van der Waals surface area contributed by atoms with Gasteiger partial charge in [-0.25, -0.2) is 0 Å². The van der Waals surface area contributed by atoms with E-state index in [-0.39, 0.29) is 23.4 Å². The molecule has 416 valence electrons. The molecule has 10 aromatic rings. The van der Waals surface area contributed by atoms with Gasteiger partial charge in [-0.1, -0.05) is 66.4 Å². The molecular formula is C54H55N11O12S3. The molecule has 0 radical (unpaired) electrons. The van der Waals surface area contributed by atoms with Crippen molar-refractivity contribution >= 4 is 70.3 Å². The van der Waals surface area contributed by atoms with Crippen molar-refractivity contribution in [2.24, 2.45) is 12.2 Å². The average molecular weight is 1150 g/mol. The van der Waals surface area contributed by atoms with Crippen molar-refractivity contribution in [1.82, 2.24) is 50.1 Å². The van der Waals surface area contributed by atoms with Crippen LogP contribution < -0.4 is 9.47 Å². The van der Waals surface area contributed by atoms with Gasteiger partial charge in [-0.2, -0.15) is 15.0 Å². The number of ether oxygens (including phenoxy) is 2. The Labute approximate surface area is 470 Å². The Morgan fingerprint density at radius 3 is 1.52 bits per heavy atom. The first kappa shape index (κ1) is 58.7. The fourth-order valence-electron chi connectivity index (χ4n) is 7.24. The number of carbonyl (C=O) groups is 3. The molecule has 3 aromatic carbocycles. The highest BCUT2D eigenvalue weighted by molar-refractivity contribution is 8.00. The van der Waals surface area contributed by atoms with Crippen LogP contribution in [0.3, 0.4) is 0 Å². The number of aryl methyl sites for hydroxylation is 2. The first-order chi connectivity index (χ1) is 38.6. The van der Waals surface area contributed by atoms with Crippen LogP contribution >= 0.6 is 35.3 Å². The minimum Gasteiger partial charge on any atom is -0.496 e. The van der Waals surface area contributed by atoms with E-state index in [4.69, 9.17) is 42.9 Å². The SMILES string of the molecule is CC.CC(C)Oc1cccc(-c2ccc(-c3nc(SCC(=O)O)n[nH]3)o2)c1.CO/N=C/c1cc(-c2ccc(-c3nc(SCC(=O)O)n[nH]3)o2)ccc1OC.Cc1cc2cc(-c3ccc(-c4nc(SCC(=O)O)n[nH]4)o3)ccc2n1C. The lowest BCUT2D eigenvalue weighted by atomic mass is 10.1. The predicted molar refractivity (Wildman–Crippen MR) is 303 cm³/mol. The second kappa shape index (κ2) is 28.0. The Kier molecular flexibility index (Phi) is 20.6. The van der Waals surface area contributed by atoms with E-state index >= 15 is 0 Å². The first-order valence-corrected chi connectivity index (χ1v) is 27.3. The fraction of sp³-hybridized carbons (Fsp3) is 0.222. The molecule has 0 fully saturated rings. The molecule has 6 N–H and O–H groups in total. The van der Waals surface area contributed by atoms with Gasteiger partial charge in [0.2, 0.25) is 15.5 Å². The third-order valence-electron chi connectivity index (χ3n) is 10.8. The zero-order valence-electron chi connectivity index (χ0n) is 44.4. The standard InChI is InChI=1S/C18H16N4O3S.C17H16N4O5S.C17H17N3O4S.C2H6/c1-10-7-12-8-11(3-4-13(12)22(10)2)14-5-6-15(25-14)17-19-18(21-20-17)26-9-16(23)24;1-24-12-4-3-10(7-11(12)8-18-25-2)13-5-6-14(26-13)16-19-17(21-20-16)27-9-15(22)23;1-10(2)23-12-5-3-4-11(8-12)13-6-7-14(24-13)16-18-17(20-19-16)25-9-15(21)22;1-2/h3-8H,9H2,1-2H3,(H,23,24)(H,19,20,21);3-8H,9H2,1-2H3,(H,22,23)(H,19,20,21);3-8,10H,9H2,1-2H3,(H,21,22)(H,18,19,20);1-2H3/b;18-8+;;. The maximum Gasteiger partial charge on any atom is 0.313 e. The first-order valence-electron chi connectivity index (χ1n) is 24.3. The monoisotopic (exact) mass is 1150 g/mol. The summed E-state index contributed by atoms with van der Waals surface area (Å²) in [6, 6.07) is 32.4. The minimum atomic E-state index is -0.932. The van der Waals surface area contributed by atoms with Crippen LogP contribution in [0.4, 0.5) is 0 Å². The van der Waals surface area contributed by atoms with Gasteiger partial charge in [0, 0.05) is 45.9 Å². The summed E-state index contributed by atoms with van der Waals surface area (Å²) in [7, 11) is 5.09. The molecule has 0 bridgehead atoms. The number of thioether (sulfide) groups is 3. The molecule has 7 aromatic heterocycles. The molecule has 7 heterocycles. The van der Waals surface area contributed by atoms with Crippen molar-refractivity contribution in [3.63, 3.8) is 0 Å². The third-order valence-corrected chi connectivity index (χ3v) is 13.3. The highest BCUT2D eigenvalue weighted by Crippen LogP contribution is 2.34. The van der Waals surface area contributed by atoms with Crippen molar-refractivity contribution in [2.75, 3.05) is 31.5 Å². The van der Waals surface area contributed by atoms with E-state index in [9.17, 15) is 14.4 Å². The molecule has 0 spiro atoms. The number of methoxy groups -OCH3 is 1. The number of rotatable bonds is 20. The summed E-state index contributed by atoms with van der Waals surface area (Å²) in [5.41, 5.74) is 5.80. The quantitative estimate of drug-likeness (QED) is 0.0235. The molecule has 0 aliphatic carbocycles. The van der Waals surface area contributed by atoms with Gasteiger partial charge in [-0.15, -0.1) is 15.3 Å². The molecule has 0 atom stereocenters. The number of oxime groups is 1. The second-order valence-electron chi connectivity index (χ2n) is 16.6. The highest BCUT2D eigenvalue weighted by atomic mass is 32.2. The van der Waals surface area contributed by atoms with Crippen LogP contribution in [0, 0.1) is 6.92 Å². The van der Waals surface area contributed by atoms with Gasteiger partial charge in [-0.3, -0.25) is 29.7 Å². The Morgan fingerprint density at radius 1 is 0.625 bits per heavy atom. The lowest BCUT2D eigenvalue weighted by molar-refractivity contribution is -0.134. The normalized spacial score (nSPS) is 10.9. The molecule has 10 rings (SSSR count). The number of H-pyrrole nitrogens is 3. The molecule has 26 heteroatoms. The van der Waals surface area contributed by atoms with Gasteiger partial charge < -0.3 is 47.4 Å². The Morgan fingerprint density at radius 2 is 1.07 bits per heavy atom. The lowest BCUT2D eigenvalue weighted by Gasteiger charge is -2.10. The van der Waals surface area contributed by atoms with E-state index < -0.39 is 17.9 Å².